The molecule has 0 N–H and O–H groups in total. The van der Waals surface area contributed by atoms with Crippen LogP contribution in [0.25, 0.3) is 0 Å². The Morgan fingerprint density at radius 2 is 1.77 bits per heavy atom. The van der Waals surface area contributed by atoms with Gasteiger partial charge >= 0.3 is 5.97 Å². The molecule has 0 bridgehead atoms. The van der Waals surface area contributed by atoms with Crippen LogP contribution < -0.4 is 0 Å². The first kappa shape index (κ1) is 17.0. The minimum atomic E-state index is -0.286. The lowest BCUT2D eigenvalue weighted by atomic mass is 9.46. The molecule has 0 unspecified atom stereocenters. The standard InChI is InChI=1S/C23H32O3/c1-14-4-8-21(2)15(12-14)13-18(24)20-16(21)5-9-22(3)17(20)6-10-23(22)11-7-19(25)26-23/h13-14,16-17,20H,4-12H2,1-3H3/t14-,16-,17-,20+,21-,22-,23+/m0/s1. The fourth-order valence-electron chi connectivity index (χ4n) is 7.88. The van der Waals surface area contributed by atoms with Crippen LogP contribution in [0.1, 0.15) is 78.6 Å². The molecule has 142 valence electrons. The second-order valence-corrected chi connectivity index (χ2v) is 10.5. The molecule has 0 aromatic rings. The number of esters is 1. The highest BCUT2D eigenvalue weighted by Crippen LogP contribution is 2.69. The van der Waals surface area contributed by atoms with Gasteiger partial charge in [0.1, 0.15) is 5.60 Å². The largest absolute Gasteiger partial charge is 0.458 e. The molecule has 3 saturated carbocycles. The summed E-state index contributed by atoms with van der Waals surface area (Å²) < 4.78 is 5.98. The molecule has 0 radical (unpaired) electrons. The Bertz CT molecular complexity index is 708. The van der Waals surface area contributed by atoms with E-state index in [0.717, 1.165) is 38.5 Å². The fraction of sp³-hybridized carbons (Fsp3) is 0.826. The third-order valence-corrected chi connectivity index (χ3v) is 9.52. The van der Waals surface area contributed by atoms with Gasteiger partial charge in [-0.15, -0.1) is 0 Å². The van der Waals surface area contributed by atoms with E-state index >= 15 is 0 Å². The predicted octanol–water partition coefficient (Wildman–Crippen LogP) is 4.84. The molecule has 0 aromatic carbocycles. The van der Waals surface area contributed by atoms with Gasteiger partial charge in [-0.05, 0) is 80.6 Å². The van der Waals surface area contributed by atoms with Crippen LogP contribution in [-0.4, -0.2) is 17.4 Å². The summed E-state index contributed by atoms with van der Waals surface area (Å²) >= 11 is 0. The quantitative estimate of drug-likeness (QED) is 0.583. The van der Waals surface area contributed by atoms with Gasteiger partial charge in [-0.1, -0.05) is 26.3 Å². The van der Waals surface area contributed by atoms with Crippen LogP contribution in [0.2, 0.25) is 0 Å². The maximum atomic E-state index is 13.3. The average Bonchev–Trinajstić information content (AvgIpc) is 3.11. The van der Waals surface area contributed by atoms with E-state index in [1.165, 1.54) is 18.4 Å². The number of allylic oxidation sites excluding steroid dienone is 2. The van der Waals surface area contributed by atoms with Crippen molar-refractivity contribution in [1.82, 2.24) is 0 Å². The molecule has 1 heterocycles. The monoisotopic (exact) mass is 356 g/mol. The maximum Gasteiger partial charge on any atom is 0.306 e. The zero-order chi connectivity index (χ0) is 18.3. The zero-order valence-corrected chi connectivity index (χ0v) is 16.5. The van der Waals surface area contributed by atoms with E-state index in [9.17, 15) is 9.59 Å². The number of ether oxygens (including phenoxy) is 1. The molecule has 1 aliphatic heterocycles. The van der Waals surface area contributed by atoms with Gasteiger partial charge in [-0.3, -0.25) is 9.59 Å². The van der Waals surface area contributed by atoms with Crippen molar-refractivity contribution in [3.8, 4) is 0 Å². The highest BCUT2D eigenvalue weighted by atomic mass is 16.6. The summed E-state index contributed by atoms with van der Waals surface area (Å²) in [6.45, 7) is 7.10. The summed E-state index contributed by atoms with van der Waals surface area (Å²) in [4.78, 5) is 25.2. The van der Waals surface area contributed by atoms with Crippen molar-refractivity contribution in [3.05, 3.63) is 11.6 Å². The van der Waals surface area contributed by atoms with Crippen molar-refractivity contribution >= 4 is 11.8 Å². The first-order chi connectivity index (χ1) is 12.3. The van der Waals surface area contributed by atoms with Crippen molar-refractivity contribution in [2.45, 2.75) is 84.2 Å². The van der Waals surface area contributed by atoms with Crippen molar-refractivity contribution in [1.29, 1.82) is 0 Å². The van der Waals surface area contributed by atoms with Crippen LogP contribution in [0, 0.1) is 34.5 Å². The lowest BCUT2D eigenvalue weighted by molar-refractivity contribution is -0.168. The highest BCUT2D eigenvalue weighted by molar-refractivity contribution is 5.94. The van der Waals surface area contributed by atoms with Gasteiger partial charge in [0.15, 0.2) is 5.78 Å². The van der Waals surface area contributed by atoms with E-state index in [1.54, 1.807) is 0 Å². The van der Waals surface area contributed by atoms with Crippen molar-refractivity contribution < 1.29 is 14.3 Å². The molecule has 1 spiro atoms. The Balaban J connectivity index is 1.54. The first-order valence-corrected chi connectivity index (χ1v) is 10.8. The van der Waals surface area contributed by atoms with Crippen LogP contribution in [-0.2, 0) is 14.3 Å². The maximum absolute atomic E-state index is 13.3. The number of fused-ring (bicyclic) bond motifs is 6. The van der Waals surface area contributed by atoms with Crippen molar-refractivity contribution in [2.24, 2.45) is 34.5 Å². The van der Waals surface area contributed by atoms with Crippen LogP contribution in [0.3, 0.4) is 0 Å². The first-order valence-electron chi connectivity index (χ1n) is 10.8. The minimum absolute atomic E-state index is 0.0142. The average molecular weight is 357 g/mol. The van der Waals surface area contributed by atoms with E-state index < -0.39 is 0 Å². The Morgan fingerprint density at radius 1 is 1.00 bits per heavy atom. The molecular weight excluding hydrogens is 324 g/mol. The number of ketones is 1. The van der Waals surface area contributed by atoms with Gasteiger partial charge in [0, 0.05) is 17.8 Å². The smallest absolute Gasteiger partial charge is 0.306 e. The third-order valence-electron chi connectivity index (χ3n) is 9.52. The topological polar surface area (TPSA) is 43.4 Å². The summed E-state index contributed by atoms with van der Waals surface area (Å²) in [5.41, 5.74) is 1.35. The lowest BCUT2D eigenvalue weighted by Crippen LogP contribution is -2.56. The Morgan fingerprint density at radius 3 is 2.50 bits per heavy atom. The predicted molar refractivity (Wildman–Crippen MR) is 99.3 cm³/mol. The Hall–Kier alpha value is -1.12. The number of hydrogen-bond acceptors (Lipinski definition) is 3. The second kappa shape index (κ2) is 5.23. The number of carbonyl (C=O) groups excluding carboxylic acids is 2. The van der Waals surface area contributed by atoms with Gasteiger partial charge in [0.2, 0.25) is 0 Å². The van der Waals surface area contributed by atoms with E-state index in [1.807, 2.05) is 6.08 Å². The van der Waals surface area contributed by atoms with Gasteiger partial charge in [-0.25, -0.2) is 0 Å². The van der Waals surface area contributed by atoms with Gasteiger partial charge in [0.25, 0.3) is 0 Å². The Kier molecular flexibility index (Phi) is 3.42. The van der Waals surface area contributed by atoms with Crippen molar-refractivity contribution in [2.75, 3.05) is 0 Å². The third kappa shape index (κ3) is 1.95. The van der Waals surface area contributed by atoms with E-state index in [2.05, 4.69) is 20.8 Å². The van der Waals surface area contributed by atoms with Crippen LogP contribution in [0.4, 0.5) is 0 Å². The molecule has 4 fully saturated rings. The summed E-state index contributed by atoms with van der Waals surface area (Å²) in [7, 11) is 0. The van der Waals surface area contributed by atoms with E-state index in [4.69, 9.17) is 4.74 Å². The molecule has 5 rings (SSSR count). The summed E-state index contributed by atoms with van der Waals surface area (Å²) in [5.74, 6) is 2.09. The number of hydrogen-bond donors (Lipinski definition) is 0. The molecule has 26 heavy (non-hydrogen) atoms. The molecule has 3 heteroatoms. The van der Waals surface area contributed by atoms with Gasteiger partial charge in [0.05, 0.1) is 0 Å². The highest BCUT2D eigenvalue weighted by Gasteiger charge is 2.68. The number of carbonyl (C=O) groups is 2. The van der Waals surface area contributed by atoms with Crippen molar-refractivity contribution in [3.63, 3.8) is 0 Å². The molecule has 5 aliphatic rings. The zero-order valence-electron chi connectivity index (χ0n) is 16.5. The normalized spacial score (nSPS) is 53.0. The molecule has 0 aromatic heterocycles. The summed E-state index contributed by atoms with van der Waals surface area (Å²) in [5, 5.41) is 0. The van der Waals surface area contributed by atoms with E-state index in [0.29, 0.717) is 30.0 Å². The van der Waals surface area contributed by atoms with E-state index in [-0.39, 0.29) is 28.3 Å². The molecular formula is C23H32O3. The lowest BCUT2D eigenvalue weighted by Gasteiger charge is -2.58. The van der Waals surface area contributed by atoms with Gasteiger partial charge in [-0.2, -0.15) is 0 Å². The van der Waals surface area contributed by atoms with Crippen LogP contribution >= 0.6 is 0 Å². The fourth-order valence-corrected chi connectivity index (χ4v) is 7.88. The molecule has 7 atom stereocenters. The Labute approximate surface area is 156 Å². The minimum Gasteiger partial charge on any atom is -0.458 e. The molecule has 1 saturated heterocycles. The summed E-state index contributed by atoms with van der Waals surface area (Å²) in [6, 6.07) is 0. The molecule has 3 nitrogen and oxygen atoms in total. The van der Waals surface area contributed by atoms with Crippen LogP contribution in [0.15, 0.2) is 11.6 Å². The van der Waals surface area contributed by atoms with Crippen LogP contribution in [0.5, 0.6) is 0 Å². The number of rotatable bonds is 0. The SMILES string of the molecule is C[C@H]1CC[C@@]2(C)C(=CC(=O)[C@@H]3[C@@H]2CC[C@@]2(C)[C@H]3CC[C@@]23CCC(=O)O3)C1. The summed E-state index contributed by atoms with van der Waals surface area (Å²) in [6.07, 6.45) is 11.3. The molecule has 4 aliphatic carbocycles. The second-order valence-electron chi connectivity index (χ2n) is 10.5. The molecule has 0 amide bonds. The van der Waals surface area contributed by atoms with Gasteiger partial charge < -0.3 is 4.74 Å².